The van der Waals surface area contributed by atoms with Crippen LogP contribution in [0.4, 0.5) is 0 Å². The summed E-state index contributed by atoms with van der Waals surface area (Å²) in [4.78, 5) is 14.8. The van der Waals surface area contributed by atoms with Crippen molar-refractivity contribution in [2.24, 2.45) is 5.92 Å². The monoisotopic (exact) mass is 353 g/mol. The lowest BCUT2D eigenvalue weighted by Crippen LogP contribution is -2.37. The van der Waals surface area contributed by atoms with Crippen LogP contribution >= 0.6 is 15.9 Å². The Hall–Kier alpha value is -1.03. The van der Waals surface area contributed by atoms with E-state index in [2.05, 4.69) is 22.9 Å². The Morgan fingerprint density at radius 2 is 2.00 bits per heavy atom. The zero-order valence-electron chi connectivity index (χ0n) is 12.8. The van der Waals surface area contributed by atoms with Gasteiger partial charge in [0.25, 0.3) is 5.91 Å². The summed E-state index contributed by atoms with van der Waals surface area (Å²) in [6.07, 6.45) is 4.51. The molecule has 1 aromatic carbocycles. The van der Waals surface area contributed by atoms with Gasteiger partial charge in [0.05, 0.1) is 6.61 Å². The van der Waals surface area contributed by atoms with Crippen LogP contribution in [0.2, 0.25) is 0 Å². The van der Waals surface area contributed by atoms with Gasteiger partial charge < -0.3 is 9.64 Å². The molecule has 116 valence electrons. The number of halogens is 1. The van der Waals surface area contributed by atoms with Crippen LogP contribution in [0.25, 0.3) is 0 Å². The predicted octanol–water partition coefficient (Wildman–Crippen LogP) is 4.11. The smallest absolute Gasteiger partial charge is 0.253 e. The van der Waals surface area contributed by atoms with Crippen LogP contribution in [0.15, 0.2) is 24.3 Å². The van der Waals surface area contributed by atoms with Gasteiger partial charge in [-0.2, -0.15) is 0 Å². The second kappa shape index (κ2) is 7.83. The molecule has 2 rings (SSSR count). The van der Waals surface area contributed by atoms with Crippen LogP contribution < -0.4 is 4.74 Å². The number of alkyl halides is 1. The van der Waals surface area contributed by atoms with Crippen molar-refractivity contribution in [3.8, 4) is 5.75 Å². The number of ether oxygens (including phenoxy) is 1. The van der Waals surface area contributed by atoms with E-state index in [1.165, 1.54) is 12.8 Å². The highest BCUT2D eigenvalue weighted by Crippen LogP contribution is 2.33. The molecule has 0 saturated heterocycles. The van der Waals surface area contributed by atoms with Crippen molar-refractivity contribution in [1.29, 1.82) is 0 Å². The minimum Gasteiger partial charge on any atom is -0.494 e. The van der Waals surface area contributed by atoms with Crippen molar-refractivity contribution >= 4 is 21.8 Å². The number of rotatable bonds is 7. The Morgan fingerprint density at radius 1 is 1.33 bits per heavy atom. The number of carbonyl (C=O) groups excluding carboxylic acids is 1. The lowest BCUT2D eigenvalue weighted by atomic mass is 9.85. The molecule has 1 aromatic rings. The molecule has 0 atom stereocenters. The fourth-order valence-electron chi connectivity index (χ4n) is 2.52. The normalized spacial score (nSPS) is 20.7. The van der Waals surface area contributed by atoms with E-state index in [-0.39, 0.29) is 5.91 Å². The van der Waals surface area contributed by atoms with E-state index in [1.54, 1.807) is 0 Å². The molecule has 0 aliphatic heterocycles. The van der Waals surface area contributed by atoms with E-state index in [9.17, 15) is 4.79 Å². The van der Waals surface area contributed by atoms with Gasteiger partial charge in [0.2, 0.25) is 0 Å². The molecule has 0 radical (unpaired) electrons. The molecule has 21 heavy (non-hydrogen) atoms. The van der Waals surface area contributed by atoms with Crippen LogP contribution in [-0.4, -0.2) is 35.8 Å². The fraction of sp³-hybridized carbons (Fsp3) is 0.588. The van der Waals surface area contributed by atoms with Gasteiger partial charge in [-0.1, -0.05) is 29.3 Å². The quantitative estimate of drug-likeness (QED) is 0.545. The summed E-state index contributed by atoms with van der Waals surface area (Å²) in [6, 6.07) is 7.48. The largest absolute Gasteiger partial charge is 0.494 e. The maximum absolute atomic E-state index is 12.3. The van der Waals surface area contributed by atoms with Crippen LogP contribution in [-0.2, 0) is 0 Å². The van der Waals surface area contributed by atoms with Gasteiger partial charge in [0.15, 0.2) is 0 Å². The van der Waals surface area contributed by atoms with Crippen molar-refractivity contribution in [1.82, 2.24) is 4.90 Å². The summed E-state index contributed by atoms with van der Waals surface area (Å²) in [5.74, 6) is 1.57. The Labute approximate surface area is 135 Å². The maximum Gasteiger partial charge on any atom is 0.253 e. The lowest BCUT2D eigenvalue weighted by Gasteiger charge is -2.34. The number of unbranched alkanes of at least 4 members (excludes halogenated alkanes) is 1. The summed E-state index contributed by atoms with van der Waals surface area (Å²) in [5.41, 5.74) is 0.732. The molecule has 0 heterocycles. The zero-order valence-corrected chi connectivity index (χ0v) is 14.4. The molecule has 1 aliphatic carbocycles. The van der Waals surface area contributed by atoms with E-state index < -0.39 is 0 Å². The maximum atomic E-state index is 12.3. The third kappa shape index (κ3) is 4.73. The first-order valence-electron chi connectivity index (χ1n) is 7.72. The summed E-state index contributed by atoms with van der Waals surface area (Å²) in [5, 5.41) is 0. The molecule has 0 bridgehead atoms. The van der Waals surface area contributed by atoms with E-state index in [1.807, 2.05) is 36.2 Å². The standard InChI is InChI=1S/C17H24BrNO2/c1-3-4-9-21-16-7-5-14(6-8-16)17(20)19(2)12-13-10-15(18)11-13/h5-8,13,15H,3-4,9-12H2,1-2H3. The van der Waals surface area contributed by atoms with Gasteiger partial charge in [0.1, 0.15) is 5.75 Å². The Kier molecular flexibility index (Phi) is 6.09. The van der Waals surface area contributed by atoms with Crippen molar-refractivity contribution in [3.05, 3.63) is 29.8 Å². The highest BCUT2D eigenvalue weighted by atomic mass is 79.9. The van der Waals surface area contributed by atoms with Crippen molar-refractivity contribution in [3.63, 3.8) is 0 Å². The molecule has 0 unspecified atom stereocenters. The van der Waals surface area contributed by atoms with Crippen molar-refractivity contribution in [2.45, 2.75) is 37.4 Å². The number of hydrogen-bond donors (Lipinski definition) is 0. The Balaban J connectivity index is 1.84. The predicted molar refractivity (Wildman–Crippen MR) is 89.2 cm³/mol. The summed E-state index contributed by atoms with van der Waals surface area (Å²) in [6.45, 7) is 3.72. The molecule has 0 spiro atoms. The highest BCUT2D eigenvalue weighted by Gasteiger charge is 2.28. The minimum absolute atomic E-state index is 0.0909. The lowest BCUT2D eigenvalue weighted by molar-refractivity contribution is 0.0748. The molecule has 4 heteroatoms. The van der Waals surface area contributed by atoms with Crippen LogP contribution in [0.3, 0.4) is 0 Å². The first kappa shape index (κ1) is 16.3. The highest BCUT2D eigenvalue weighted by molar-refractivity contribution is 9.09. The Morgan fingerprint density at radius 3 is 2.57 bits per heavy atom. The first-order valence-corrected chi connectivity index (χ1v) is 8.64. The summed E-state index contributed by atoms with van der Waals surface area (Å²) < 4.78 is 5.61. The minimum atomic E-state index is 0.0909. The average Bonchev–Trinajstić information content (AvgIpc) is 2.46. The zero-order chi connectivity index (χ0) is 15.2. The molecule has 1 saturated carbocycles. The van der Waals surface area contributed by atoms with E-state index >= 15 is 0 Å². The van der Waals surface area contributed by atoms with Crippen molar-refractivity contribution in [2.75, 3.05) is 20.2 Å². The van der Waals surface area contributed by atoms with Gasteiger partial charge in [-0.05, 0) is 49.4 Å². The Bertz CT molecular complexity index is 454. The van der Waals surface area contributed by atoms with Gasteiger partial charge >= 0.3 is 0 Å². The van der Waals surface area contributed by atoms with Gasteiger partial charge in [-0.3, -0.25) is 4.79 Å². The number of nitrogens with zero attached hydrogens (tertiary/aromatic N) is 1. The molecule has 0 aromatic heterocycles. The average molecular weight is 354 g/mol. The third-order valence-corrected chi connectivity index (χ3v) is 4.67. The second-order valence-corrected chi connectivity index (χ2v) is 7.14. The molecular formula is C17H24BrNO2. The summed E-state index contributed by atoms with van der Waals surface area (Å²) in [7, 11) is 1.88. The molecule has 3 nitrogen and oxygen atoms in total. The van der Waals surface area contributed by atoms with Gasteiger partial charge in [0, 0.05) is 24.0 Å². The van der Waals surface area contributed by atoms with Crippen LogP contribution in [0, 0.1) is 5.92 Å². The van der Waals surface area contributed by atoms with Gasteiger partial charge in [-0.15, -0.1) is 0 Å². The number of benzene rings is 1. The first-order chi connectivity index (χ1) is 10.1. The van der Waals surface area contributed by atoms with Gasteiger partial charge in [-0.25, -0.2) is 0 Å². The summed E-state index contributed by atoms with van der Waals surface area (Å²) >= 11 is 3.59. The number of amides is 1. The molecule has 1 fully saturated rings. The third-order valence-electron chi connectivity index (χ3n) is 3.92. The molecule has 1 aliphatic rings. The number of hydrogen-bond acceptors (Lipinski definition) is 2. The van der Waals surface area contributed by atoms with E-state index in [0.717, 1.165) is 37.3 Å². The van der Waals surface area contributed by atoms with Crippen LogP contribution in [0.1, 0.15) is 43.0 Å². The fourth-order valence-corrected chi connectivity index (χ4v) is 3.58. The second-order valence-electron chi connectivity index (χ2n) is 5.85. The van der Waals surface area contributed by atoms with Crippen molar-refractivity contribution < 1.29 is 9.53 Å². The molecule has 1 amide bonds. The topological polar surface area (TPSA) is 29.5 Å². The van der Waals surface area contributed by atoms with Crippen LogP contribution in [0.5, 0.6) is 5.75 Å². The van der Waals surface area contributed by atoms with E-state index in [0.29, 0.717) is 10.7 Å². The van der Waals surface area contributed by atoms with E-state index in [4.69, 9.17) is 4.74 Å². The molecule has 0 N–H and O–H groups in total. The number of carbonyl (C=O) groups is 1. The SMILES string of the molecule is CCCCOc1ccc(C(=O)N(C)CC2CC(Br)C2)cc1. The molecular weight excluding hydrogens is 330 g/mol.